The highest BCUT2D eigenvalue weighted by atomic mass is 19.4. The number of carbonyl (C=O) groups is 2. The second kappa shape index (κ2) is 10.8. The molecule has 0 aliphatic heterocycles. The van der Waals surface area contributed by atoms with Gasteiger partial charge in [0.1, 0.15) is 5.69 Å². The Morgan fingerprint density at radius 3 is 2.37 bits per heavy atom. The van der Waals surface area contributed by atoms with Crippen molar-refractivity contribution in [3.8, 4) is 0 Å². The molecule has 1 fully saturated rings. The highest BCUT2D eigenvalue weighted by Crippen LogP contribution is 2.34. The van der Waals surface area contributed by atoms with E-state index in [9.17, 15) is 32.9 Å². The molecule has 1 aromatic rings. The number of benzene rings is 1. The van der Waals surface area contributed by atoms with E-state index in [-0.39, 0.29) is 42.9 Å². The smallest absolute Gasteiger partial charge is 0.379 e. The van der Waals surface area contributed by atoms with Crippen LogP contribution in [0.15, 0.2) is 18.2 Å². The van der Waals surface area contributed by atoms with Crippen LogP contribution in [0, 0.1) is 16.0 Å². The highest BCUT2D eigenvalue weighted by Gasteiger charge is 2.33. The molecule has 0 aromatic heterocycles. The Kier molecular flexibility index (Phi) is 8.43. The van der Waals surface area contributed by atoms with E-state index in [0.29, 0.717) is 12.6 Å². The number of rotatable bonds is 9. The predicted molar refractivity (Wildman–Crippen MR) is 104 cm³/mol. The van der Waals surface area contributed by atoms with Crippen molar-refractivity contribution in [2.75, 3.05) is 25.0 Å². The molecule has 30 heavy (non-hydrogen) atoms. The highest BCUT2D eigenvalue weighted by molar-refractivity contribution is 5.79. The maximum Gasteiger partial charge on any atom is 0.416 e. The summed E-state index contributed by atoms with van der Waals surface area (Å²) in [5.41, 5.74) is -1.93. The summed E-state index contributed by atoms with van der Waals surface area (Å²) < 4.78 is 38.1. The molecule has 1 aliphatic rings. The molecule has 3 N–H and O–H groups in total. The number of halogens is 3. The molecule has 8 nitrogen and oxygen atoms in total. The van der Waals surface area contributed by atoms with Crippen molar-refractivity contribution in [3.05, 3.63) is 33.9 Å². The minimum atomic E-state index is -4.68. The standard InChI is InChI=1S/C19H25F3N4O4/c20-19(21,22)14-6-7-15(16(12-14)26(29)30)23-9-8-17(27)24-10-11-25-18(28)13-4-2-1-3-5-13/h6-7,12-13,23H,1-5,8-11H2,(H,24,27)(H,25,28). The van der Waals surface area contributed by atoms with Crippen molar-refractivity contribution in [3.63, 3.8) is 0 Å². The van der Waals surface area contributed by atoms with E-state index in [1.54, 1.807) is 0 Å². The number of hydrogen-bond donors (Lipinski definition) is 3. The molecule has 0 bridgehead atoms. The molecule has 166 valence electrons. The van der Waals surface area contributed by atoms with Crippen LogP contribution in [0.4, 0.5) is 24.5 Å². The molecular weight excluding hydrogens is 405 g/mol. The van der Waals surface area contributed by atoms with Crippen LogP contribution in [-0.2, 0) is 15.8 Å². The molecule has 0 radical (unpaired) electrons. The number of carbonyl (C=O) groups excluding carboxylic acids is 2. The number of nitro groups is 1. The fourth-order valence-corrected chi connectivity index (χ4v) is 3.30. The Bertz CT molecular complexity index is 765. The van der Waals surface area contributed by atoms with Gasteiger partial charge in [-0.1, -0.05) is 19.3 Å². The Labute approximate surface area is 171 Å². The van der Waals surface area contributed by atoms with Crippen LogP contribution in [0.5, 0.6) is 0 Å². The minimum absolute atomic E-state index is 0.000212. The van der Waals surface area contributed by atoms with Gasteiger partial charge in [0, 0.05) is 38.0 Å². The van der Waals surface area contributed by atoms with Crippen molar-refractivity contribution < 1.29 is 27.7 Å². The van der Waals surface area contributed by atoms with Crippen molar-refractivity contribution >= 4 is 23.2 Å². The topological polar surface area (TPSA) is 113 Å². The van der Waals surface area contributed by atoms with Gasteiger partial charge in [-0.2, -0.15) is 13.2 Å². The zero-order valence-electron chi connectivity index (χ0n) is 16.4. The van der Waals surface area contributed by atoms with E-state index in [1.807, 2.05) is 0 Å². The van der Waals surface area contributed by atoms with Crippen LogP contribution in [0.3, 0.4) is 0 Å². The fraction of sp³-hybridized carbons (Fsp3) is 0.579. The van der Waals surface area contributed by atoms with Gasteiger partial charge >= 0.3 is 6.18 Å². The molecular formula is C19H25F3N4O4. The van der Waals surface area contributed by atoms with Crippen LogP contribution >= 0.6 is 0 Å². The number of amides is 2. The summed E-state index contributed by atoms with van der Waals surface area (Å²) in [6.07, 6.45) is 0.325. The number of nitrogens with one attached hydrogen (secondary N) is 3. The number of alkyl halides is 3. The molecule has 2 rings (SSSR count). The van der Waals surface area contributed by atoms with Gasteiger partial charge in [0.2, 0.25) is 11.8 Å². The normalized spacial score (nSPS) is 14.8. The van der Waals surface area contributed by atoms with Gasteiger partial charge in [-0.05, 0) is 25.0 Å². The average molecular weight is 430 g/mol. The number of anilines is 1. The predicted octanol–water partition coefficient (Wildman–Crippen LogP) is 3.23. The maximum atomic E-state index is 12.7. The van der Waals surface area contributed by atoms with Crippen molar-refractivity contribution in [2.24, 2.45) is 5.92 Å². The number of nitro benzene ring substituents is 1. The summed E-state index contributed by atoms with van der Waals surface area (Å²) in [5.74, 6) is -0.303. The van der Waals surface area contributed by atoms with Crippen LogP contribution in [0.25, 0.3) is 0 Å². The van der Waals surface area contributed by atoms with E-state index >= 15 is 0 Å². The van der Waals surface area contributed by atoms with Crippen LogP contribution in [-0.4, -0.2) is 36.4 Å². The van der Waals surface area contributed by atoms with Gasteiger partial charge in [-0.15, -0.1) is 0 Å². The first-order valence-electron chi connectivity index (χ1n) is 9.82. The lowest BCUT2D eigenvalue weighted by atomic mass is 9.89. The Hall–Kier alpha value is -2.85. The summed E-state index contributed by atoms with van der Waals surface area (Å²) in [7, 11) is 0. The SMILES string of the molecule is O=C(CCNc1ccc(C(F)(F)F)cc1[N+](=O)[O-])NCCNC(=O)C1CCCCC1. The van der Waals surface area contributed by atoms with Gasteiger partial charge in [0.25, 0.3) is 5.69 Å². The van der Waals surface area contributed by atoms with E-state index < -0.39 is 22.4 Å². The molecule has 1 aliphatic carbocycles. The van der Waals surface area contributed by atoms with Crippen molar-refractivity contribution in [1.29, 1.82) is 0 Å². The lowest BCUT2D eigenvalue weighted by Gasteiger charge is -2.20. The Balaban J connectivity index is 1.71. The van der Waals surface area contributed by atoms with Crippen LogP contribution in [0.1, 0.15) is 44.1 Å². The maximum absolute atomic E-state index is 12.7. The summed E-state index contributed by atoms with van der Waals surface area (Å²) in [4.78, 5) is 33.9. The molecule has 0 atom stereocenters. The van der Waals surface area contributed by atoms with Gasteiger partial charge in [0.05, 0.1) is 10.5 Å². The molecule has 0 spiro atoms. The van der Waals surface area contributed by atoms with E-state index in [1.165, 1.54) is 0 Å². The third-order valence-corrected chi connectivity index (χ3v) is 4.91. The monoisotopic (exact) mass is 430 g/mol. The van der Waals surface area contributed by atoms with Crippen LogP contribution < -0.4 is 16.0 Å². The molecule has 1 saturated carbocycles. The largest absolute Gasteiger partial charge is 0.416 e. The van der Waals surface area contributed by atoms with Gasteiger partial charge in [0.15, 0.2) is 0 Å². The van der Waals surface area contributed by atoms with E-state index in [4.69, 9.17) is 0 Å². The molecule has 0 heterocycles. The molecule has 11 heteroatoms. The zero-order valence-corrected chi connectivity index (χ0v) is 16.4. The quantitative estimate of drug-likeness (QED) is 0.316. The fourth-order valence-electron chi connectivity index (χ4n) is 3.30. The minimum Gasteiger partial charge on any atom is -0.379 e. The lowest BCUT2D eigenvalue weighted by molar-refractivity contribution is -0.384. The zero-order chi connectivity index (χ0) is 22.1. The first kappa shape index (κ1) is 23.4. The Morgan fingerprint density at radius 1 is 1.07 bits per heavy atom. The summed E-state index contributed by atoms with van der Waals surface area (Å²) in [6, 6.07) is 2.17. The number of nitrogens with zero attached hydrogens (tertiary/aromatic N) is 1. The second-order valence-electron chi connectivity index (χ2n) is 7.14. The summed E-state index contributed by atoms with van der Waals surface area (Å²) >= 11 is 0. The molecule has 1 aromatic carbocycles. The number of hydrogen-bond acceptors (Lipinski definition) is 5. The first-order valence-corrected chi connectivity index (χ1v) is 9.82. The van der Waals surface area contributed by atoms with Crippen molar-refractivity contribution in [2.45, 2.75) is 44.7 Å². The van der Waals surface area contributed by atoms with Crippen molar-refractivity contribution in [1.82, 2.24) is 10.6 Å². The van der Waals surface area contributed by atoms with E-state index in [0.717, 1.165) is 44.2 Å². The molecule has 2 amide bonds. The van der Waals surface area contributed by atoms with Gasteiger partial charge < -0.3 is 16.0 Å². The third-order valence-electron chi connectivity index (χ3n) is 4.91. The second-order valence-corrected chi connectivity index (χ2v) is 7.14. The molecule has 0 unspecified atom stereocenters. The molecule has 0 saturated heterocycles. The van der Waals surface area contributed by atoms with Gasteiger partial charge in [-0.3, -0.25) is 19.7 Å². The van der Waals surface area contributed by atoms with E-state index in [2.05, 4.69) is 16.0 Å². The lowest BCUT2D eigenvalue weighted by Crippen LogP contribution is -2.38. The average Bonchev–Trinajstić information content (AvgIpc) is 2.71. The summed E-state index contributed by atoms with van der Waals surface area (Å²) in [5, 5.41) is 19.1. The Morgan fingerprint density at radius 2 is 1.73 bits per heavy atom. The summed E-state index contributed by atoms with van der Waals surface area (Å²) in [6.45, 7) is 0.559. The third kappa shape index (κ3) is 7.20. The van der Waals surface area contributed by atoms with Crippen LogP contribution in [0.2, 0.25) is 0 Å². The first-order chi connectivity index (χ1) is 14.2. The van der Waals surface area contributed by atoms with Gasteiger partial charge in [-0.25, -0.2) is 0 Å².